The summed E-state index contributed by atoms with van der Waals surface area (Å²) in [5.74, 6) is 0.518. The summed E-state index contributed by atoms with van der Waals surface area (Å²) in [5.41, 5.74) is 0. The minimum Gasteiger partial charge on any atom is -0.490 e. The van der Waals surface area contributed by atoms with Gasteiger partial charge in [0.25, 0.3) is 0 Å². The van der Waals surface area contributed by atoms with Crippen LogP contribution in [-0.2, 0) is 28.9 Å². The highest BCUT2D eigenvalue weighted by Gasteiger charge is 2.18. The normalized spacial score (nSPS) is 11.7. The van der Waals surface area contributed by atoms with E-state index in [9.17, 15) is 18.0 Å². The van der Waals surface area contributed by atoms with Crippen molar-refractivity contribution in [3.05, 3.63) is 72.8 Å². The molecular formula is C44H66O8S. The van der Waals surface area contributed by atoms with E-state index in [0.717, 1.165) is 64.2 Å². The van der Waals surface area contributed by atoms with Gasteiger partial charge in [-0.2, -0.15) is 0 Å². The number of carbonyl (C=O) groups excluding carboxylic acids is 2. The van der Waals surface area contributed by atoms with Crippen molar-refractivity contribution in [3.63, 3.8) is 0 Å². The van der Waals surface area contributed by atoms with Crippen LogP contribution in [0.4, 0.5) is 0 Å². The van der Waals surface area contributed by atoms with Gasteiger partial charge in [0.1, 0.15) is 37.9 Å². The molecule has 0 aliphatic carbocycles. The van der Waals surface area contributed by atoms with Crippen LogP contribution in [0.25, 0.3) is 0 Å². The highest BCUT2D eigenvalue weighted by atomic mass is 32.2. The zero-order chi connectivity index (χ0) is 38.2. The number of rotatable bonds is 32. The summed E-state index contributed by atoms with van der Waals surface area (Å²) in [5, 5.41) is 0. The van der Waals surface area contributed by atoms with E-state index < -0.39 is 9.84 Å². The van der Waals surface area contributed by atoms with Gasteiger partial charge in [-0.3, -0.25) is 9.59 Å². The molecule has 0 radical (unpaired) electrons. The highest BCUT2D eigenvalue weighted by Crippen LogP contribution is 2.25. The molecule has 0 unspecified atom stereocenters. The Bertz CT molecular complexity index is 1300. The zero-order valence-electron chi connectivity index (χ0n) is 32.6. The Balaban J connectivity index is 1.55. The van der Waals surface area contributed by atoms with Crippen LogP contribution in [0.5, 0.6) is 11.5 Å². The van der Waals surface area contributed by atoms with Gasteiger partial charge in [0.2, 0.25) is 9.84 Å². The molecule has 2 rings (SSSR count). The van der Waals surface area contributed by atoms with Crippen molar-refractivity contribution >= 4 is 21.8 Å². The molecule has 296 valence electrons. The molecule has 0 aliphatic rings. The fourth-order valence-corrected chi connectivity index (χ4v) is 6.87. The molecule has 0 N–H and O–H groups in total. The first-order chi connectivity index (χ1) is 25.9. The van der Waals surface area contributed by atoms with Crippen LogP contribution in [-0.4, -0.2) is 46.8 Å². The minimum absolute atomic E-state index is 0.134. The molecular weight excluding hydrogens is 689 g/mol. The van der Waals surface area contributed by atoms with Crippen LogP contribution in [0.1, 0.15) is 142 Å². The number of carbonyl (C=O) groups is 2. The first-order valence-corrected chi connectivity index (χ1v) is 21.7. The number of hydrogen-bond acceptors (Lipinski definition) is 8. The fourth-order valence-electron chi connectivity index (χ4n) is 5.61. The third kappa shape index (κ3) is 22.3. The van der Waals surface area contributed by atoms with Crippen LogP contribution in [0.15, 0.2) is 82.6 Å². The van der Waals surface area contributed by atoms with Crippen molar-refractivity contribution in [3.8, 4) is 11.5 Å². The lowest BCUT2D eigenvalue weighted by Gasteiger charge is -2.10. The van der Waals surface area contributed by atoms with Crippen molar-refractivity contribution in [1.29, 1.82) is 0 Å². The molecule has 0 aliphatic heterocycles. The summed E-state index contributed by atoms with van der Waals surface area (Å²) in [6, 6.07) is 12.3. The molecule has 0 atom stereocenters. The lowest BCUT2D eigenvalue weighted by molar-refractivity contribution is -0.145. The monoisotopic (exact) mass is 754 g/mol. The van der Waals surface area contributed by atoms with Gasteiger partial charge in [-0.15, -0.1) is 0 Å². The van der Waals surface area contributed by atoms with Crippen LogP contribution < -0.4 is 9.47 Å². The maximum Gasteiger partial charge on any atom is 0.305 e. The molecule has 2 aromatic rings. The van der Waals surface area contributed by atoms with E-state index in [1.54, 1.807) is 24.3 Å². The van der Waals surface area contributed by atoms with E-state index >= 15 is 0 Å². The first kappa shape index (κ1) is 45.6. The van der Waals surface area contributed by atoms with Crippen LogP contribution in [0.3, 0.4) is 0 Å². The molecule has 53 heavy (non-hydrogen) atoms. The third-order valence-corrected chi connectivity index (χ3v) is 10.6. The summed E-state index contributed by atoms with van der Waals surface area (Å²) in [4.78, 5) is 24.3. The second-order valence-corrected chi connectivity index (χ2v) is 15.4. The zero-order valence-corrected chi connectivity index (χ0v) is 33.4. The van der Waals surface area contributed by atoms with Gasteiger partial charge in [-0.1, -0.05) is 89.5 Å². The van der Waals surface area contributed by atoms with E-state index in [0.29, 0.717) is 24.3 Å². The topological polar surface area (TPSA) is 105 Å². The number of esters is 2. The molecule has 0 bridgehead atoms. The largest absolute Gasteiger partial charge is 0.490 e. The smallest absolute Gasteiger partial charge is 0.305 e. The lowest BCUT2D eigenvalue weighted by Crippen LogP contribution is -2.12. The summed E-state index contributed by atoms with van der Waals surface area (Å²) < 4.78 is 48.2. The summed E-state index contributed by atoms with van der Waals surface area (Å²) in [6.07, 6.45) is 30.3. The van der Waals surface area contributed by atoms with Gasteiger partial charge in [0.05, 0.1) is 9.79 Å². The van der Waals surface area contributed by atoms with Gasteiger partial charge in [-0.25, -0.2) is 8.42 Å². The van der Waals surface area contributed by atoms with Gasteiger partial charge < -0.3 is 18.9 Å². The van der Waals surface area contributed by atoms with Crippen molar-refractivity contribution in [1.82, 2.24) is 0 Å². The Morgan fingerprint density at radius 3 is 1.17 bits per heavy atom. The number of sulfone groups is 1. The Morgan fingerprint density at radius 2 is 0.811 bits per heavy atom. The molecule has 0 saturated carbocycles. The average Bonchev–Trinajstić information content (AvgIpc) is 3.16. The summed E-state index contributed by atoms with van der Waals surface area (Å²) >= 11 is 0. The molecule has 0 amide bonds. The Hall–Kier alpha value is -3.59. The number of allylic oxidation sites excluding steroid dienone is 4. The van der Waals surface area contributed by atoms with Crippen LogP contribution in [0.2, 0.25) is 0 Å². The van der Waals surface area contributed by atoms with E-state index in [2.05, 4.69) is 38.2 Å². The quantitative estimate of drug-likeness (QED) is 0.0413. The Labute approximate surface area is 320 Å². The Morgan fingerprint density at radius 1 is 0.472 bits per heavy atom. The summed E-state index contributed by atoms with van der Waals surface area (Å²) in [7, 11) is -3.75. The SMILES string of the molecule is CCCCC/C=C/CCCCCCC(=O)OCCOc1ccc(S(=O)(=O)c2ccc(OCCOC(=O)CCCCCC/C=C/CCCCC)cc2)cc1. The predicted octanol–water partition coefficient (Wildman–Crippen LogP) is 11.3. The minimum atomic E-state index is -3.75. The number of benzene rings is 2. The average molecular weight is 755 g/mol. The first-order valence-electron chi connectivity index (χ1n) is 20.2. The van der Waals surface area contributed by atoms with Gasteiger partial charge in [-0.05, 0) is 113 Å². The van der Waals surface area contributed by atoms with Crippen molar-refractivity contribution < 1.29 is 37.0 Å². The van der Waals surface area contributed by atoms with Gasteiger partial charge in [0.15, 0.2) is 0 Å². The van der Waals surface area contributed by atoms with E-state index in [1.807, 2.05) is 0 Å². The van der Waals surface area contributed by atoms with Crippen LogP contribution in [0, 0.1) is 0 Å². The lowest BCUT2D eigenvalue weighted by atomic mass is 10.1. The standard InChI is InChI=1S/C44H66O8S/c1-3-5-7-9-11-13-15-17-19-21-23-25-43(45)51-37-35-49-39-27-31-41(32-28-39)53(47,48)42-33-29-40(30-34-42)50-36-38-52-44(46)26-24-22-20-18-16-14-12-10-8-6-4-2/h11-14,27-34H,3-10,15-26,35-38H2,1-2H3/b13-11+,14-12+. The van der Waals surface area contributed by atoms with E-state index in [1.165, 1.54) is 75.6 Å². The number of ether oxygens (including phenoxy) is 4. The van der Waals surface area contributed by atoms with E-state index in [4.69, 9.17) is 18.9 Å². The molecule has 0 spiro atoms. The Kier molecular flexibility index (Phi) is 25.6. The van der Waals surface area contributed by atoms with E-state index in [-0.39, 0.29) is 48.2 Å². The highest BCUT2D eigenvalue weighted by molar-refractivity contribution is 7.91. The number of hydrogen-bond donors (Lipinski definition) is 0. The fraction of sp³-hybridized carbons (Fsp3) is 0.591. The maximum atomic E-state index is 13.2. The second kappa shape index (κ2) is 29.8. The summed E-state index contributed by atoms with van der Waals surface area (Å²) in [6.45, 7) is 5.07. The molecule has 9 heteroatoms. The molecule has 0 heterocycles. The molecule has 0 aromatic heterocycles. The van der Waals surface area contributed by atoms with Crippen molar-refractivity contribution in [2.45, 2.75) is 152 Å². The molecule has 0 fully saturated rings. The number of unbranched alkanes of at least 4 members (excludes halogenated alkanes) is 14. The van der Waals surface area contributed by atoms with Crippen molar-refractivity contribution in [2.24, 2.45) is 0 Å². The van der Waals surface area contributed by atoms with Gasteiger partial charge >= 0.3 is 11.9 Å². The molecule has 2 aromatic carbocycles. The predicted molar refractivity (Wildman–Crippen MR) is 213 cm³/mol. The van der Waals surface area contributed by atoms with Crippen LogP contribution >= 0.6 is 0 Å². The maximum absolute atomic E-state index is 13.2. The molecule has 8 nitrogen and oxygen atoms in total. The van der Waals surface area contributed by atoms with Gasteiger partial charge in [0, 0.05) is 12.8 Å². The van der Waals surface area contributed by atoms with Crippen molar-refractivity contribution in [2.75, 3.05) is 26.4 Å². The third-order valence-electron chi connectivity index (χ3n) is 8.78. The second-order valence-electron chi connectivity index (χ2n) is 13.4. The molecule has 0 saturated heterocycles.